The molecule has 1 aromatic rings. The zero-order valence-electron chi connectivity index (χ0n) is 10.1. The molecule has 2 unspecified atom stereocenters. The molecule has 96 valence electrons. The molecule has 0 fully saturated rings. The van der Waals surface area contributed by atoms with Crippen LogP contribution >= 0.6 is 27.3 Å². The Balaban J connectivity index is 2.48. The molecule has 1 aromatic heterocycles. The van der Waals surface area contributed by atoms with Gasteiger partial charge in [-0.1, -0.05) is 35.3 Å². The van der Waals surface area contributed by atoms with Crippen LogP contribution in [0.3, 0.4) is 0 Å². The Morgan fingerprint density at radius 2 is 2.41 bits per heavy atom. The number of ether oxygens (including phenoxy) is 1. The van der Waals surface area contributed by atoms with Gasteiger partial charge in [-0.05, 0) is 17.9 Å². The molecule has 3 nitrogen and oxygen atoms in total. The van der Waals surface area contributed by atoms with E-state index in [4.69, 9.17) is 0 Å². The second-order valence-electron chi connectivity index (χ2n) is 3.76. The van der Waals surface area contributed by atoms with Crippen molar-refractivity contribution in [2.24, 2.45) is 0 Å². The summed E-state index contributed by atoms with van der Waals surface area (Å²) in [6, 6.07) is 4.50. The standard InChI is InChI=1S/C12H18BrNO2S/c1-3-5-10(11-6-4-7-17-11)14-8-9(13)12(15)16-2/h4,6-7,9-10,14H,3,5,8H2,1-2H3. The van der Waals surface area contributed by atoms with E-state index in [9.17, 15) is 4.79 Å². The lowest BCUT2D eigenvalue weighted by Crippen LogP contribution is -2.32. The quantitative estimate of drug-likeness (QED) is 0.620. The number of rotatable bonds is 7. The third kappa shape index (κ3) is 4.77. The van der Waals surface area contributed by atoms with Gasteiger partial charge in [-0.2, -0.15) is 0 Å². The lowest BCUT2D eigenvalue weighted by atomic mass is 10.1. The fourth-order valence-corrected chi connectivity index (χ4v) is 2.79. The predicted molar refractivity (Wildman–Crippen MR) is 74.7 cm³/mol. The Kier molecular flexibility index (Phi) is 6.77. The molecular weight excluding hydrogens is 302 g/mol. The topological polar surface area (TPSA) is 38.3 Å². The highest BCUT2D eigenvalue weighted by Crippen LogP contribution is 2.23. The molecule has 0 saturated heterocycles. The molecule has 0 aliphatic heterocycles. The first-order valence-corrected chi connectivity index (χ1v) is 7.47. The van der Waals surface area contributed by atoms with Crippen molar-refractivity contribution in [3.63, 3.8) is 0 Å². The van der Waals surface area contributed by atoms with Gasteiger partial charge >= 0.3 is 5.97 Å². The number of hydrogen-bond acceptors (Lipinski definition) is 4. The van der Waals surface area contributed by atoms with Crippen LogP contribution in [0, 0.1) is 0 Å². The highest BCUT2D eigenvalue weighted by Gasteiger charge is 2.18. The van der Waals surface area contributed by atoms with Crippen molar-refractivity contribution >= 4 is 33.2 Å². The number of carbonyl (C=O) groups excluding carboxylic acids is 1. The maximum atomic E-state index is 11.3. The van der Waals surface area contributed by atoms with Gasteiger partial charge in [-0.25, -0.2) is 0 Å². The van der Waals surface area contributed by atoms with E-state index in [0.717, 1.165) is 12.8 Å². The van der Waals surface area contributed by atoms with E-state index in [2.05, 4.69) is 50.4 Å². The molecule has 0 aliphatic carbocycles. The number of hydrogen-bond donors (Lipinski definition) is 1. The zero-order chi connectivity index (χ0) is 12.7. The molecule has 0 spiro atoms. The SMILES string of the molecule is CCCC(NCC(Br)C(=O)OC)c1cccs1. The Morgan fingerprint density at radius 3 is 2.94 bits per heavy atom. The summed E-state index contributed by atoms with van der Waals surface area (Å²) in [6.45, 7) is 2.74. The van der Waals surface area contributed by atoms with Crippen molar-refractivity contribution in [2.75, 3.05) is 13.7 Å². The Hall–Kier alpha value is -0.390. The number of nitrogens with one attached hydrogen (secondary N) is 1. The summed E-state index contributed by atoms with van der Waals surface area (Å²) in [5.41, 5.74) is 0. The van der Waals surface area contributed by atoms with Gasteiger partial charge in [0.2, 0.25) is 0 Å². The number of methoxy groups -OCH3 is 1. The Morgan fingerprint density at radius 1 is 1.65 bits per heavy atom. The smallest absolute Gasteiger partial charge is 0.320 e. The first-order chi connectivity index (χ1) is 8.19. The highest BCUT2D eigenvalue weighted by molar-refractivity contribution is 9.10. The van der Waals surface area contributed by atoms with Crippen LogP contribution in [-0.4, -0.2) is 24.5 Å². The van der Waals surface area contributed by atoms with Gasteiger partial charge in [0.05, 0.1) is 7.11 Å². The molecule has 1 rings (SSSR count). The normalized spacial score (nSPS) is 14.3. The monoisotopic (exact) mass is 319 g/mol. The minimum Gasteiger partial charge on any atom is -0.468 e. The highest BCUT2D eigenvalue weighted by atomic mass is 79.9. The van der Waals surface area contributed by atoms with Gasteiger partial charge in [0.15, 0.2) is 0 Å². The van der Waals surface area contributed by atoms with Crippen LogP contribution < -0.4 is 5.32 Å². The van der Waals surface area contributed by atoms with Crippen molar-refractivity contribution in [2.45, 2.75) is 30.6 Å². The second-order valence-corrected chi connectivity index (χ2v) is 5.84. The van der Waals surface area contributed by atoms with E-state index < -0.39 is 0 Å². The molecule has 0 aliphatic rings. The first-order valence-electron chi connectivity index (χ1n) is 5.67. The summed E-state index contributed by atoms with van der Waals surface area (Å²) in [6.07, 6.45) is 2.18. The van der Waals surface area contributed by atoms with Crippen molar-refractivity contribution in [3.8, 4) is 0 Å². The molecule has 1 heterocycles. The molecular formula is C12H18BrNO2S. The summed E-state index contributed by atoms with van der Waals surface area (Å²) >= 11 is 5.06. The largest absolute Gasteiger partial charge is 0.468 e. The molecule has 0 saturated carbocycles. The van der Waals surface area contributed by atoms with Crippen molar-refractivity contribution in [1.29, 1.82) is 0 Å². The number of esters is 1. The first kappa shape index (κ1) is 14.7. The summed E-state index contributed by atoms with van der Waals surface area (Å²) in [7, 11) is 1.40. The number of alkyl halides is 1. The van der Waals surface area contributed by atoms with Gasteiger partial charge in [0.25, 0.3) is 0 Å². The van der Waals surface area contributed by atoms with E-state index in [-0.39, 0.29) is 10.8 Å². The van der Waals surface area contributed by atoms with E-state index in [1.54, 1.807) is 11.3 Å². The van der Waals surface area contributed by atoms with Crippen molar-refractivity contribution < 1.29 is 9.53 Å². The maximum Gasteiger partial charge on any atom is 0.320 e. The Labute approximate surface area is 115 Å². The van der Waals surface area contributed by atoms with Crippen LogP contribution in [0.5, 0.6) is 0 Å². The fourth-order valence-electron chi connectivity index (χ4n) is 1.58. The molecule has 2 atom stereocenters. The Bertz CT molecular complexity index is 329. The minimum atomic E-state index is -0.285. The summed E-state index contributed by atoms with van der Waals surface area (Å²) in [4.78, 5) is 12.3. The van der Waals surface area contributed by atoms with Gasteiger partial charge in [0, 0.05) is 17.5 Å². The minimum absolute atomic E-state index is 0.237. The maximum absolute atomic E-state index is 11.3. The van der Waals surface area contributed by atoms with Crippen molar-refractivity contribution in [1.82, 2.24) is 5.32 Å². The molecule has 5 heteroatoms. The molecule has 0 radical (unpaired) electrons. The van der Waals surface area contributed by atoms with Gasteiger partial charge in [-0.15, -0.1) is 11.3 Å². The molecule has 1 N–H and O–H groups in total. The molecule has 17 heavy (non-hydrogen) atoms. The number of carbonyl (C=O) groups is 1. The van der Waals surface area contributed by atoms with Crippen LogP contribution in [0.4, 0.5) is 0 Å². The average molecular weight is 320 g/mol. The van der Waals surface area contributed by atoms with Gasteiger partial charge in [-0.3, -0.25) is 4.79 Å². The predicted octanol–water partition coefficient (Wildman–Crippen LogP) is 3.12. The summed E-state index contributed by atoms with van der Waals surface area (Å²) in [5.74, 6) is -0.237. The van der Waals surface area contributed by atoms with E-state index in [1.807, 2.05) is 0 Å². The van der Waals surface area contributed by atoms with Crippen LogP contribution in [0.15, 0.2) is 17.5 Å². The van der Waals surface area contributed by atoms with Gasteiger partial charge in [0.1, 0.15) is 4.83 Å². The van der Waals surface area contributed by atoms with E-state index in [0.29, 0.717) is 12.6 Å². The van der Waals surface area contributed by atoms with Crippen LogP contribution in [0.2, 0.25) is 0 Å². The second kappa shape index (κ2) is 7.84. The van der Waals surface area contributed by atoms with Crippen LogP contribution in [0.1, 0.15) is 30.7 Å². The molecule has 0 amide bonds. The number of thiophene rings is 1. The summed E-state index contributed by atoms with van der Waals surface area (Å²) in [5, 5.41) is 5.48. The molecule has 0 bridgehead atoms. The summed E-state index contributed by atoms with van der Waals surface area (Å²) < 4.78 is 4.67. The third-order valence-corrected chi connectivity index (χ3v) is 4.15. The zero-order valence-corrected chi connectivity index (χ0v) is 12.5. The lowest BCUT2D eigenvalue weighted by Gasteiger charge is -2.18. The van der Waals surface area contributed by atoms with Crippen molar-refractivity contribution in [3.05, 3.63) is 22.4 Å². The van der Waals surface area contributed by atoms with Gasteiger partial charge < -0.3 is 10.1 Å². The fraction of sp³-hybridized carbons (Fsp3) is 0.583. The van der Waals surface area contributed by atoms with E-state index in [1.165, 1.54) is 12.0 Å². The van der Waals surface area contributed by atoms with Crippen LogP contribution in [0.25, 0.3) is 0 Å². The van der Waals surface area contributed by atoms with E-state index >= 15 is 0 Å². The lowest BCUT2D eigenvalue weighted by molar-refractivity contribution is -0.139. The third-order valence-electron chi connectivity index (χ3n) is 2.46. The average Bonchev–Trinajstić information content (AvgIpc) is 2.86. The van der Waals surface area contributed by atoms with Crippen LogP contribution in [-0.2, 0) is 9.53 Å². The molecule has 0 aromatic carbocycles. The number of halogens is 1.